The third kappa shape index (κ3) is 8.89. The van der Waals surface area contributed by atoms with Gasteiger partial charge in [-0.05, 0) is 49.3 Å². The van der Waals surface area contributed by atoms with Gasteiger partial charge in [0.1, 0.15) is 0 Å². The normalized spacial score (nSPS) is 17.7. The number of carbonyl (C=O) groups is 1. The second kappa shape index (κ2) is 14.8. The molecule has 2 aliphatic heterocycles. The first-order valence-electron chi connectivity index (χ1n) is 12.4. The predicted molar refractivity (Wildman–Crippen MR) is 143 cm³/mol. The third-order valence-corrected chi connectivity index (χ3v) is 6.57. The van der Waals surface area contributed by atoms with Crippen LogP contribution in [0, 0.1) is 5.92 Å². The quantitative estimate of drug-likeness (QED) is 0.552. The molecule has 7 nitrogen and oxygen atoms in total. The Balaban J connectivity index is 0.000000655. The molecule has 2 fully saturated rings. The molecule has 0 amide bonds. The lowest BCUT2D eigenvalue weighted by Crippen LogP contribution is -2.34. The highest BCUT2D eigenvalue weighted by atomic mass is 35.5. The van der Waals surface area contributed by atoms with Crippen molar-refractivity contribution in [3.8, 4) is 5.88 Å². The first-order valence-corrected chi connectivity index (χ1v) is 12.8. The molecular formula is C27H40ClN3O4. The number of halogens is 1. The van der Waals surface area contributed by atoms with Gasteiger partial charge in [0.25, 0.3) is 5.97 Å². The van der Waals surface area contributed by atoms with E-state index in [1.807, 2.05) is 27.0 Å². The summed E-state index contributed by atoms with van der Waals surface area (Å²) in [5.74, 6) is 0.491. The number of methoxy groups -OCH3 is 2. The number of anilines is 2. The van der Waals surface area contributed by atoms with E-state index in [1.54, 1.807) is 13.3 Å². The van der Waals surface area contributed by atoms with Crippen LogP contribution in [-0.4, -0.2) is 62.6 Å². The standard InChI is InChI=1S/C23H30ClN3O2.C2H4O2.C2H6/c1-28-20-9-12-27(16-20)19-5-3-17(4-6-19)13-18-7-10-26(11-8-18)22-14-23(29-2)25-15-21(22)24;1-2(3)4;1-2/h3-6,14-15,18,20H,7-13,16H2,1-2H3;1H3,(H,3,4);1-2H3/t20-;;/m1../s1. The summed E-state index contributed by atoms with van der Waals surface area (Å²) in [6.45, 7) is 9.19. The summed E-state index contributed by atoms with van der Waals surface area (Å²) in [5, 5.41) is 8.11. The van der Waals surface area contributed by atoms with Crippen molar-refractivity contribution in [2.24, 2.45) is 5.92 Å². The van der Waals surface area contributed by atoms with E-state index in [-0.39, 0.29) is 0 Å². The molecule has 1 aromatic carbocycles. The number of aromatic nitrogens is 1. The summed E-state index contributed by atoms with van der Waals surface area (Å²) >= 11 is 6.37. The predicted octanol–water partition coefficient (Wildman–Crippen LogP) is 5.54. The van der Waals surface area contributed by atoms with Gasteiger partial charge in [-0.1, -0.05) is 37.6 Å². The van der Waals surface area contributed by atoms with E-state index in [9.17, 15) is 0 Å². The molecule has 2 aliphatic rings. The van der Waals surface area contributed by atoms with Crippen LogP contribution < -0.4 is 14.5 Å². The number of hydrogen-bond acceptors (Lipinski definition) is 6. The van der Waals surface area contributed by atoms with Crippen LogP contribution in [-0.2, 0) is 16.0 Å². The van der Waals surface area contributed by atoms with Crippen LogP contribution in [0.1, 0.15) is 45.6 Å². The molecule has 2 aromatic rings. The number of rotatable bonds is 6. The Morgan fingerprint density at radius 3 is 2.23 bits per heavy atom. The van der Waals surface area contributed by atoms with Crippen molar-refractivity contribution >= 4 is 28.9 Å². The van der Waals surface area contributed by atoms with Crippen LogP contribution in [0.15, 0.2) is 36.5 Å². The van der Waals surface area contributed by atoms with E-state index >= 15 is 0 Å². The number of hydrogen-bond donors (Lipinski definition) is 1. The van der Waals surface area contributed by atoms with Gasteiger partial charge in [-0.15, -0.1) is 0 Å². The largest absolute Gasteiger partial charge is 0.481 e. The van der Waals surface area contributed by atoms with Gasteiger partial charge in [0, 0.05) is 52.0 Å². The van der Waals surface area contributed by atoms with E-state index in [2.05, 4.69) is 39.0 Å². The fraction of sp³-hybridized carbons (Fsp3) is 0.556. The van der Waals surface area contributed by atoms with Crippen LogP contribution in [0.3, 0.4) is 0 Å². The lowest BCUT2D eigenvalue weighted by atomic mass is 9.90. The molecule has 0 radical (unpaired) electrons. The minimum atomic E-state index is -0.833. The molecule has 0 spiro atoms. The molecule has 3 heterocycles. The minimum Gasteiger partial charge on any atom is -0.481 e. The van der Waals surface area contributed by atoms with Gasteiger partial charge in [0.2, 0.25) is 5.88 Å². The molecule has 35 heavy (non-hydrogen) atoms. The summed E-state index contributed by atoms with van der Waals surface area (Å²) in [6, 6.07) is 11.1. The van der Waals surface area contributed by atoms with Crippen molar-refractivity contribution in [3.05, 3.63) is 47.1 Å². The zero-order valence-electron chi connectivity index (χ0n) is 21.7. The Bertz CT molecular complexity index is 898. The smallest absolute Gasteiger partial charge is 0.300 e. The molecule has 1 aromatic heterocycles. The lowest BCUT2D eigenvalue weighted by molar-refractivity contribution is -0.134. The van der Waals surface area contributed by atoms with Gasteiger partial charge in [-0.3, -0.25) is 4.79 Å². The fourth-order valence-electron chi connectivity index (χ4n) is 4.47. The Morgan fingerprint density at radius 2 is 1.69 bits per heavy atom. The van der Waals surface area contributed by atoms with Crippen molar-refractivity contribution in [2.75, 3.05) is 50.2 Å². The Morgan fingerprint density at radius 1 is 1.09 bits per heavy atom. The molecule has 8 heteroatoms. The van der Waals surface area contributed by atoms with Gasteiger partial charge in [-0.2, -0.15) is 0 Å². The van der Waals surface area contributed by atoms with Crippen molar-refractivity contribution < 1.29 is 19.4 Å². The lowest BCUT2D eigenvalue weighted by Gasteiger charge is -2.34. The van der Waals surface area contributed by atoms with Gasteiger partial charge in [-0.25, -0.2) is 4.98 Å². The van der Waals surface area contributed by atoms with Crippen molar-refractivity contribution in [1.29, 1.82) is 0 Å². The number of piperidine rings is 1. The van der Waals surface area contributed by atoms with Crippen molar-refractivity contribution in [1.82, 2.24) is 4.98 Å². The van der Waals surface area contributed by atoms with Crippen LogP contribution >= 0.6 is 11.6 Å². The second-order valence-electron chi connectivity index (χ2n) is 8.59. The SMILES string of the molecule is CC.CC(=O)O.COc1cc(N2CCC(Cc3ccc(N4CC[C@@H](OC)C4)cc3)CC2)c(Cl)cn1. The van der Waals surface area contributed by atoms with Crippen LogP contribution in [0.25, 0.3) is 0 Å². The first kappa shape index (κ1) is 28.7. The number of ether oxygens (including phenoxy) is 2. The Labute approximate surface area is 215 Å². The molecule has 0 aliphatic carbocycles. The molecule has 1 atom stereocenters. The maximum atomic E-state index is 9.00. The van der Waals surface area contributed by atoms with E-state index in [0.717, 1.165) is 51.6 Å². The summed E-state index contributed by atoms with van der Waals surface area (Å²) in [6.07, 6.45) is 6.65. The van der Waals surface area contributed by atoms with Crippen molar-refractivity contribution in [2.45, 2.75) is 52.6 Å². The molecular weight excluding hydrogens is 466 g/mol. The van der Waals surface area contributed by atoms with Crippen LogP contribution in [0.5, 0.6) is 5.88 Å². The van der Waals surface area contributed by atoms with Crippen molar-refractivity contribution in [3.63, 3.8) is 0 Å². The Hall–Kier alpha value is -2.51. The number of carboxylic acids is 1. The van der Waals surface area contributed by atoms with E-state index in [4.69, 9.17) is 31.0 Å². The van der Waals surface area contributed by atoms with Gasteiger partial charge in [0.15, 0.2) is 0 Å². The Kier molecular flexibility index (Phi) is 12.1. The molecule has 194 valence electrons. The number of pyridine rings is 1. The zero-order chi connectivity index (χ0) is 25.8. The topological polar surface area (TPSA) is 75.1 Å². The average Bonchev–Trinajstić information content (AvgIpc) is 3.36. The molecule has 0 saturated carbocycles. The molecule has 2 saturated heterocycles. The number of benzene rings is 1. The second-order valence-corrected chi connectivity index (χ2v) is 9.00. The maximum absolute atomic E-state index is 9.00. The summed E-state index contributed by atoms with van der Waals surface area (Å²) < 4.78 is 10.7. The fourth-order valence-corrected chi connectivity index (χ4v) is 4.70. The average molecular weight is 506 g/mol. The van der Waals surface area contributed by atoms with E-state index in [0.29, 0.717) is 22.9 Å². The van der Waals surface area contributed by atoms with Gasteiger partial charge < -0.3 is 24.4 Å². The maximum Gasteiger partial charge on any atom is 0.300 e. The highest BCUT2D eigenvalue weighted by Crippen LogP contribution is 2.32. The highest BCUT2D eigenvalue weighted by Gasteiger charge is 2.23. The van der Waals surface area contributed by atoms with E-state index < -0.39 is 5.97 Å². The number of aliphatic carboxylic acids is 1. The zero-order valence-corrected chi connectivity index (χ0v) is 22.4. The van der Waals surface area contributed by atoms with E-state index in [1.165, 1.54) is 24.1 Å². The van der Waals surface area contributed by atoms with Gasteiger partial charge in [0.05, 0.1) is 30.1 Å². The summed E-state index contributed by atoms with van der Waals surface area (Å²) in [5.41, 5.74) is 3.77. The molecule has 1 N–H and O–H groups in total. The highest BCUT2D eigenvalue weighted by molar-refractivity contribution is 6.33. The molecule has 4 rings (SSSR count). The number of nitrogens with zero attached hydrogens (tertiary/aromatic N) is 3. The monoisotopic (exact) mass is 505 g/mol. The summed E-state index contributed by atoms with van der Waals surface area (Å²) in [4.78, 5) is 17.9. The molecule has 0 bridgehead atoms. The minimum absolute atomic E-state index is 0.369. The number of carboxylic acid groups (broad SMARTS) is 1. The van der Waals surface area contributed by atoms with Crippen LogP contribution in [0.2, 0.25) is 5.02 Å². The third-order valence-electron chi connectivity index (χ3n) is 6.28. The van der Waals surface area contributed by atoms with Crippen LogP contribution in [0.4, 0.5) is 11.4 Å². The van der Waals surface area contributed by atoms with Gasteiger partial charge >= 0.3 is 0 Å². The molecule has 0 unspecified atom stereocenters. The summed E-state index contributed by atoms with van der Waals surface area (Å²) in [7, 11) is 3.44. The first-order chi connectivity index (χ1) is 16.9.